The molecule has 0 aliphatic carbocycles. The van der Waals surface area contributed by atoms with Gasteiger partial charge in [-0.1, -0.05) is 0 Å². The van der Waals surface area contributed by atoms with Crippen LogP contribution in [-0.4, -0.2) is 58.0 Å². The molecule has 2 aliphatic rings. The average Bonchev–Trinajstić information content (AvgIpc) is 2.91. The van der Waals surface area contributed by atoms with E-state index in [1.165, 1.54) is 0 Å². The molecule has 1 spiro atoms. The SMILES string of the molecule is CCn1cnc(C2NCCOC23CN(C(=O)OC(C)(C)C)C3)c1. The van der Waals surface area contributed by atoms with Crippen LogP contribution in [0.1, 0.15) is 39.4 Å². The van der Waals surface area contributed by atoms with E-state index in [0.717, 1.165) is 18.8 Å². The highest BCUT2D eigenvalue weighted by molar-refractivity contribution is 5.70. The topological polar surface area (TPSA) is 68.6 Å². The summed E-state index contributed by atoms with van der Waals surface area (Å²) in [4.78, 5) is 18.4. The van der Waals surface area contributed by atoms with Crippen LogP contribution in [-0.2, 0) is 16.0 Å². The van der Waals surface area contributed by atoms with Gasteiger partial charge in [-0.2, -0.15) is 0 Å². The molecule has 128 valence electrons. The van der Waals surface area contributed by atoms with Gasteiger partial charge in [-0.25, -0.2) is 9.78 Å². The van der Waals surface area contributed by atoms with E-state index in [-0.39, 0.29) is 12.1 Å². The second-order valence-corrected chi connectivity index (χ2v) is 7.27. The van der Waals surface area contributed by atoms with Gasteiger partial charge in [0, 0.05) is 19.3 Å². The number of imidazole rings is 1. The van der Waals surface area contributed by atoms with Crippen molar-refractivity contribution in [2.45, 2.75) is 51.5 Å². The fourth-order valence-corrected chi connectivity index (χ4v) is 3.13. The number of morpholine rings is 1. The summed E-state index contributed by atoms with van der Waals surface area (Å²) >= 11 is 0. The van der Waals surface area contributed by atoms with Crippen molar-refractivity contribution in [2.24, 2.45) is 0 Å². The van der Waals surface area contributed by atoms with Crippen LogP contribution in [0.25, 0.3) is 0 Å². The van der Waals surface area contributed by atoms with Crippen LogP contribution >= 0.6 is 0 Å². The smallest absolute Gasteiger partial charge is 0.410 e. The van der Waals surface area contributed by atoms with Crippen LogP contribution in [0.5, 0.6) is 0 Å². The predicted molar refractivity (Wildman–Crippen MR) is 85.1 cm³/mol. The lowest BCUT2D eigenvalue weighted by molar-refractivity contribution is -0.176. The minimum atomic E-state index is -0.481. The number of rotatable bonds is 2. The third-order valence-corrected chi connectivity index (χ3v) is 4.25. The molecule has 1 amide bonds. The minimum absolute atomic E-state index is 0.00253. The number of aromatic nitrogens is 2. The maximum absolute atomic E-state index is 12.2. The average molecular weight is 322 g/mol. The van der Waals surface area contributed by atoms with Gasteiger partial charge in [-0.05, 0) is 27.7 Å². The fourth-order valence-electron chi connectivity index (χ4n) is 3.13. The zero-order valence-electron chi connectivity index (χ0n) is 14.3. The molecule has 1 unspecified atom stereocenters. The molecule has 3 heterocycles. The van der Waals surface area contributed by atoms with Crippen molar-refractivity contribution in [3.05, 3.63) is 18.2 Å². The summed E-state index contributed by atoms with van der Waals surface area (Å²) in [6.45, 7) is 11.1. The van der Waals surface area contributed by atoms with Gasteiger partial charge in [0.05, 0.1) is 37.8 Å². The Balaban J connectivity index is 1.70. The predicted octanol–water partition coefficient (Wildman–Crippen LogP) is 1.55. The third-order valence-electron chi connectivity index (χ3n) is 4.25. The molecule has 7 heteroatoms. The Hall–Kier alpha value is -1.60. The van der Waals surface area contributed by atoms with Crippen molar-refractivity contribution < 1.29 is 14.3 Å². The lowest BCUT2D eigenvalue weighted by Crippen LogP contribution is -2.72. The number of carbonyl (C=O) groups is 1. The van der Waals surface area contributed by atoms with Crippen molar-refractivity contribution in [1.82, 2.24) is 19.8 Å². The molecular formula is C16H26N4O3. The van der Waals surface area contributed by atoms with Gasteiger partial charge in [0.1, 0.15) is 11.2 Å². The summed E-state index contributed by atoms with van der Waals surface area (Å²) in [6.07, 6.45) is 3.60. The van der Waals surface area contributed by atoms with Gasteiger partial charge in [0.15, 0.2) is 0 Å². The number of carbonyl (C=O) groups excluding carboxylic acids is 1. The van der Waals surface area contributed by atoms with E-state index in [2.05, 4.69) is 17.2 Å². The first-order valence-corrected chi connectivity index (χ1v) is 8.20. The molecule has 1 aromatic heterocycles. The van der Waals surface area contributed by atoms with Crippen LogP contribution in [0.15, 0.2) is 12.5 Å². The van der Waals surface area contributed by atoms with E-state index >= 15 is 0 Å². The van der Waals surface area contributed by atoms with Crippen LogP contribution in [0, 0.1) is 0 Å². The number of likely N-dealkylation sites (tertiary alicyclic amines) is 1. The summed E-state index contributed by atoms with van der Waals surface area (Å²) in [7, 11) is 0. The van der Waals surface area contributed by atoms with Crippen molar-refractivity contribution in [3.8, 4) is 0 Å². The molecule has 0 bridgehead atoms. The maximum Gasteiger partial charge on any atom is 0.410 e. The molecule has 3 rings (SSSR count). The maximum atomic E-state index is 12.2. The number of hydrogen-bond acceptors (Lipinski definition) is 5. The summed E-state index contributed by atoms with van der Waals surface area (Å²) in [5, 5.41) is 3.49. The largest absolute Gasteiger partial charge is 0.444 e. The Morgan fingerprint density at radius 2 is 2.26 bits per heavy atom. The Morgan fingerprint density at radius 3 is 2.87 bits per heavy atom. The molecule has 2 fully saturated rings. The fraction of sp³-hybridized carbons (Fsp3) is 0.750. The van der Waals surface area contributed by atoms with Crippen molar-refractivity contribution in [3.63, 3.8) is 0 Å². The molecule has 0 radical (unpaired) electrons. The lowest BCUT2D eigenvalue weighted by Gasteiger charge is -2.54. The second kappa shape index (κ2) is 5.79. The molecule has 1 atom stereocenters. The van der Waals surface area contributed by atoms with Crippen LogP contribution in [0.3, 0.4) is 0 Å². The second-order valence-electron chi connectivity index (χ2n) is 7.27. The standard InChI is InChI=1S/C16H26N4O3/c1-5-19-8-12(18-11-19)13-16(22-7-6-17-13)9-20(10-16)14(21)23-15(2,3)4/h8,11,13,17H,5-7,9-10H2,1-4H3. The molecule has 23 heavy (non-hydrogen) atoms. The summed E-state index contributed by atoms with van der Waals surface area (Å²) in [5.41, 5.74) is 0.0859. The molecule has 7 nitrogen and oxygen atoms in total. The van der Waals surface area contributed by atoms with Gasteiger partial charge in [-0.3, -0.25) is 0 Å². The molecule has 0 saturated carbocycles. The van der Waals surface area contributed by atoms with Gasteiger partial charge < -0.3 is 24.3 Å². The molecular weight excluding hydrogens is 296 g/mol. The molecule has 2 saturated heterocycles. The number of amides is 1. The number of nitrogens with one attached hydrogen (secondary N) is 1. The van der Waals surface area contributed by atoms with E-state index < -0.39 is 11.2 Å². The van der Waals surface area contributed by atoms with E-state index in [1.54, 1.807) is 4.90 Å². The van der Waals surface area contributed by atoms with E-state index in [0.29, 0.717) is 19.7 Å². The zero-order chi connectivity index (χ0) is 16.7. The first-order chi connectivity index (χ1) is 10.8. The van der Waals surface area contributed by atoms with Crippen LogP contribution in [0.2, 0.25) is 0 Å². The van der Waals surface area contributed by atoms with Crippen molar-refractivity contribution in [1.29, 1.82) is 0 Å². The first kappa shape index (κ1) is 16.3. The number of aryl methyl sites for hydroxylation is 1. The van der Waals surface area contributed by atoms with Crippen molar-refractivity contribution >= 4 is 6.09 Å². The Morgan fingerprint density at radius 1 is 1.52 bits per heavy atom. The van der Waals surface area contributed by atoms with E-state index in [4.69, 9.17) is 9.47 Å². The van der Waals surface area contributed by atoms with Gasteiger partial charge in [0.25, 0.3) is 0 Å². The molecule has 1 aromatic rings. The van der Waals surface area contributed by atoms with Gasteiger partial charge in [-0.15, -0.1) is 0 Å². The summed E-state index contributed by atoms with van der Waals surface area (Å²) < 4.78 is 13.5. The first-order valence-electron chi connectivity index (χ1n) is 8.20. The normalized spacial score (nSPS) is 23.7. The highest BCUT2D eigenvalue weighted by Crippen LogP contribution is 2.39. The minimum Gasteiger partial charge on any atom is -0.444 e. The third kappa shape index (κ3) is 3.21. The summed E-state index contributed by atoms with van der Waals surface area (Å²) in [6, 6.07) is 0.00253. The Labute approximate surface area is 137 Å². The Kier molecular flexibility index (Phi) is 4.10. The zero-order valence-corrected chi connectivity index (χ0v) is 14.3. The van der Waals surface area contributed by atoms with Gasteiger partial charge in [0.2, 0.25) is 0 Å². The number of nitrogens with zero attached hydrogens (tertiary/aromatic N) is 3. The van der Waals surface area contributed by atoms with Crippen LogP contribution in [0.4, 0.5) is 4.79 Å². The quantitative estimate of drug-likeness (QED) is 0.895. The van der Waals surface area contributed by atoms with E-state index in [1.807, 2.05) is 37.9 Å². The number of ether oxygens (including phenoxy) is 2. The highest BCUT2D eigenvalue weighted by atomic mass is 16.6. The van der Waals surface area contributed by atoms with Crippen LogP contribution < -0.4 is 5.32 Å². The summed E-state index contributed by atoms with van der Waals surface area (Å²) in [5.74, 6) is 0. The Bertz CT molecular complexity index is 572. The molecule has 0 aromatic carbocycles. The number of hydrogen-bond donors (Lipinski definition) is 1. The lowest BCUT2D eigenvalue weighted by atomic mass is 9.83. The molecule has 2 aliphatic heterocycles. The van der Waals surface area contributed by atoms with Crippen molar-refractivity contribution in [2.75, 3.05) is 26.2 Å². The monoisotopic (exact) mass is 322 g/mol. The van der Waals surface area contributed by atoms with E-state index in [9.17, 15) is 4.79 Å². The highest BCUT2D eigenvalue weighted by Gasteiger charge is 2.55. The molecule has 1 N–H and O–H groups in total. The van der Waals surface area contributed by atoms with Gasteiger partial charge >= 0.3 is 6.09 Å².